The van der Waals surface area contributed by atoms with Crippen molar-refractivity contribution in [2.24, 2.45) is 5.10 Å². The highest BCUT2D eigenvalue weighted by Crippen LogP contribution is 2.17. The van der Waals surface area contributed by atoms with E-state index in [4.69, 9.17) is 0 Å². The van der Waals surface area contributed by atoms with Crippen LogP contribution in [0.25, 0.3) is 0 Å². The molecular formula is C18H23N3. The summed E-state index contributed by atoms with van der Waals surface area (Å²) in [5, 5.41) is 6.05. The van der Waals surface area contributed by atoms with Crippen LogP contribution in [-0.4, -0.2) is 31.9 Å². The minimum atomic E-state index is 0.933. The van der Waals surface area contributed by atoms with Crippen LogP contribution in [0.2, 0.25) is 0 Å². The fraction of sp³-hybridized carbons (Fsp3) is 0.278. The van der Waals surface area contributed by atoms with E-state index >= 15 is 0 Å². The van der Waals surface area contributed by atoms with Crippen LogP contribution >= 0.6 is 0 Å². The molecule has 21 heavy (non-hydrogen) atoms. The van der Waals surface area contributed by atoms with E-state index in [2.05, 4.69) is 71.5 Å². The molecule has 0 aliphatic heterocycles. The van der Waals surface area contributed by atoms with Crippen LogP contribution in [0.4, 0.5) is 5.69 Å². The summed E-state index contributed by atoms with van der Waals surface area (Å²) in [6.07, 6.45) is 1.87. The van der Waals surface area contributed by atoms with E-state index in [0.717, 1.165) is 18.7 Å². The molecule has 3 nitrogen and oxygen atoms in total. The fourth-order valence-corrected chi connectivity index (χ4v) is 2.14. The summed E-state index contributed by atoms with van der Waals surface area (Å²) in [6, 6.07) is 19.1. The minimum absolute atomic E-state index is 0.933. The molecule has 110 valence electrons. The van der Waals surface area contributed by atoms with Crippen molar-refractivity contribution in [3.63, 3.8) is 0 Å². The molecule has 0 bridgehead atoms. The third-order valence-electron chi connectivity index (χ3n) is 3.29. The predicted octanol–water partition coefficient (Wildman–Crippen LogP) is 3.61. The molecule has 0 N–H and O–H groups in total. The van der Waals surface area contributed by atoms with Gasteiger partial charge >= 0.3 is 0 Å². The van der Waals surface area contributed by atoms with Crippen LogP contribution in [0.1, 0.15) is 18.1 Å². The molecular weight excluding hydrogens is 258 g/mol. The normalized spacial score (nSPS) is 10.8. The van der Waals surface area contributed by atoms with E-state index in [9.17, 15) is 0 Å². The zero-order chi connectivity index (χ0) is 15.1. The third-order valence-corrected chi connectivity index (χ3v) is 3.29. The molecule has 2 aromatic rings. The zero-order valence-corrected chi connectivity index (χ0v) is 13.0. The van der Waals surface area contributed by atoms with Crippen molar-refractivity contribution in [3.8, 4) is 0 Å². The van der Waals surface area contributed by atoms with Gasteiger partial charge in [-0.3, -0.25) is 0 Å². The topological polar surface area (TPSA) is 18.8 Å². The molecule has 0 radical (unpaired) electrons. The number of hydrogen-bond acceptors (Lipinski definition) is 3. The van der Waals surface area contributed by atoms with Gasteiger partial charge in [0.1, 0.15) is 0 Å². The van der Waals surface area contributed by atoms with Crippen molar-refractivity contribution >= 4 is 11.9 Å². The van der Waals surface area contributed by atoms with E-state index in [1.165, 1.54) is 11.3 Å². The van der Waals surface area contributed by atoms with Crippen LogP contribution in [0.3, 0.4) is 0 Å². The first-order valence-electron chi connectivity index (χ1n) is 7.29. The van der Waals surface area contributed by atoms with E-state index in [0.29, 0.717) is 0 Å². The van der Waals surface area contributed by atoms with Gasteiger partial charge in [-0.05, 0) is 30.2 Å². The predicted molar refractivity (Wildman–Crippen MR) is 90.9 cm³/mol. The first-order chi connectivity index (χ1) is 10.2. The number of hydrogen-bond donors (Lipinski definition) is 0. The minimum Gasteiger partial charge on any atom is -0.367 e. The Bertz CT molecular complexity index is 559. The number of nitrogens with zero attached hydrogens (tertiary/aromatic N) is 3. The Morgan fingerprint density at radius 3 is 2.19 bits per heavy atom. The van der Waals surface area contributed by atoms with Crippen molar-refractivity contribution < 1.29 is 0 Å². The Labute approximate surface area is 127 Å². The second-order valence-corrected chi connectivity index (χ2v) is 5.18. The Morgan fingerprint density at radius 1 is 0.952 bits per heavy atom. The average molecular weight is 281 g/mol. The zero-order valence-electron chi connectivity index (χ0n) is 13.0. The highest BCUT2D eigenvalue weighted by atomic mass is 15.4. The molecule has 0 saturated carbocycles. The maximum Gasteiger partial charge on any atom is 0.0542 e. The summed E-state index contributed by atoms with van der Waals surface area (Å²) in [4.78, 5) is 2.36. The summed E-state index contributed by atoms with van der Waals surface area (Å²) < 4.78 is 0. The van der Waals surface area contributed by atoms with Gasteiger partial charge in [-0.1, -0.05) is 42.5 Å². The maximum atomic E-state index is 4.25. The summed E-state index contributed by atoms with van der Waals surface area (Å²) in [7, 11) is 3.84. The van der Waals surface area contributed by atoms with Gasteiger partial charge in [0.15, 0.2) is 0 Å². The van der Waals surface area contributed by atoms with Gasteiger partial charge in [-0.15, -0.1) is 0 Å². The summed E-state index contributed by atoms with van der Waals surface area (Å²) in [5.41, 5.74) is 3.68. The molecule has 0 aromatic heterocycles. The van der Waals surface area contributed by atoms with E-state index in [1.807, 2.05) is 20.3 Å². The third kappa shape index (κ3) is 4.63. The quantitative estimate of drug-likeness (QED) is 0.595. The Balaban J connectivity index is 2.08. The molecule has 0 heterocycles. The number of rotatable bonds is 6. The Morgan fingerprint density at radius 2 is 1.62 bits per heavy atom. The monoisotopic (exact) mass is 281 g/mol. The van der Waals surface area contributed by atoms with E-state index in [-0.39, 0.29) is 0 Å². The number of anilines is 1. The standard InChI is InChI=1S/C18H23N3/c1-4-21(15-17-8-6-5-7-9-17)18-12-10-16(11-13-18)14-19-20(2)3/h5-14H,4,15H2,1-3H3/b19-14+. The summed E-state index contributed by atoms with van der Waals surface area (Å²) in [5.74, 6) is 0. The van der Waals surface area contributed by atoms with Gasteiger partial charge in [0.05, 0.1) is 6.21 Å². The molecule has 0 aliphatic carbocycles. The molecule has 0 aliphatic rings. The molecule has 2 aromatic carbocycles. The first kappa shape index (κ1) is 15.1. The van der Waals surface area contributed by atoms with Crippen molar-refractivity contribution in [1.82, 2.24) is 5.01 Å². The molecule has 0 fully saturated rings. The van der Waals surface area contributed by atoms with Crippen molar-refractivity contribution in [2.45, 2.75) is 13.5 Å². The Hall–Kier alpha value is -2.29. The largest absolute Gasteiger partial charge is 0.367 e. The van der Waals surface area contributed by atoms with Crippen molar-refractivity contribution in [2.75, 3.05) is 25.5 Å². The fourth-order valence-electron chi connectivity index (χ4n) is 2.14. The molecule has 0 unspecified atom stereocenters. The van der Waals surface area contributed by atoms with Gasteiger partial charge in [0.25, 0.3) is 0 Å². The molecule has 2 rings (SSSR count). The van der Waals surface area contributed by atoms with Gasteiger partial charge in [-0.2, -0.15) is 5.10 Å². The lowest BCUT2D eigenvalue weighted by Crippen LogP contribution is -2.21. The van der Waals surface area contributed by atoms with Gasteiger partial charge in [0, 0.05) is 32.9 Å². The second-order valence-electron chi connectivity index (χ2n) is 5.18. The smallest absolute Gasteiger partial charge is 0.0542 e. The molecule has 0 atom stereocenters. The van der Waals surface area contributed by atoms with Gasteiger partial charge in [0.2, 0.25) is 0 Å². The lowest BCUT2D eigenvalue weighted by molar-refractivity contribution is 0.440. The number of hydrazone groups is 1. The molecule has 0 spiro atoms. The first-order valence-corrected chi connectivity index (χ1v) is 7.29. The van der Waals surface area contributed by atoms with Crippen LogP contribution < -0.4 is 4.90 Å². The lowest BCUT2D eigenvalue weighted by Gasteiger charge is -2.23. The molecule has 0 amide bonds. The van der Waals surface area contributed by atoms with Crippen LogP contribution in [0.15, 0.2) is 59.7 Å². The van der Waals surface area contributed by atoms with Crippen molar-refractivity contribution in [3.05, 3.63) is 65.7 Å². The van der Waals surface area contributed by atoms with Crippen LogP contribution in [0.5, 0.6) is 0 Å². The van der Waals surface area contributed by atoms with Gasteiger partial charge in [-0.25, -0.2) is 0 Å². The van der Waals surface area contributed by atoms with Crippen LogP contribution in [-0.2, 0) is 6.54 Å². The van der Waals surface area contributed by atoms with Gasteiger partial charge < -0.3 is 9.91 Å². The summed E-state index contributed by atoms with van der Waals surface area (Å²) in [6.45, 7) is 4.10. The second kappa shape index (κ2) is 7.48. The highest BCUT2D eigenvalue weighted by molar-refractivity contribution is 5.80. The maximum absolute atomic E-state index is 4.25. The van der Waals surface area contributed by atoms with Crippen molar-refractivity contribution in [1.29, 1.82) is 0 Å². The number of benzene rings is 2. The van der Waals surface area contributed by atoms with E-state index < -0.39 is 0 Å². The average Bonchev–Trinajstić information content (AvgIpc) is 2.52. The molecule has 3 heteroatoms. The van der Waals surface area contributed by atoms with Crippen LogP contribution in [0, 0.1) is 0 Å². The summed E-state index contributed by atoms with van der Waals surface area (Å²) >= 11 is 0. The van der Waals surface area contributed by atoms with E-state index in [1.54, 1.807) is 5.01 Å². The Kier molecular flexibility index (Phi) is 5.38. The highest BCUT2D eigenvalue weighted by Gasteiger charge is 2.04. The molecule has 0 saturated heterocycles. The lowest BCUT2D eigenvalue weighted by atomic mass is 10.1. The SMILES string of the molecule is CCN(Cc1ccccc1)c1ccc(/C=N/N(C)C)cc1.